The number of nitrogens with one attached hydrogen (secondary N) is 1. The van der Waals surface area contributed by atoms with Crippen LogP contribution in [0.5, 0.6) is 0 Å². The number of aryl methyl sites for hydroxylation is 1. The normalized spacial score (nSPS) is 22.6. The lowest BCUT2D eigenvalue weighted by Gasteiger charge is -2.41. The topological polar surface area (TPSA) is 64.8 Å². The molecule has 1 N–H and O–H groups in total. The molecule has 0 spiro atoms. The Balaban J connectivity index is 2.42. The number of anilines is 1. The fourth-order valence-corrected chi connectivity index (χ4v) is 2.69. The van der Waals surface area contributed by atoms with E-state index in [-0.39, 0.29) is 0 Å². The zero-order valence-electron chi connectivity index (χ0n) is 12.8. The van der Waals surface area contributed by atoms with Gasteiger partial charge in [-0.25, -0.2) is 0 Å². The van der Waals surface area contributed by atoms with Crippen molar-refractivity contribution in [3.8, 4) is 6.07 Å². The molecule has 5 heteroatoms. The summed E-state index contributed by atoms with van der Waals surface area (Å²) in [4.78, 5) is 2.27. The summed E-state index contributed by atoms with van der Waals surface area (Å²) < 4.78 is 0. The Morgan fingerprint density at radius 3 is 2.65 bits per heavy atom. The second kappa shape index (κ2) is 6.19. The Bertz CT molecular complexity index is 520. The molecule has 2 rings (SSSR count). The third kappa shape index (κ3) is 2.61. The van der Waals surface area contributed by atoms with Gasteiger partial charge in [0.1, 0.15) is 11.6 Å². The minimum Gasteiger partial charge on any atom is -0.348 e. The Morgan fingerprint density at radius 1 is 1.30 bits per heavy atom. The van der Waals surface area contributed by atoms with Crippen LogP contribution in [0.15, 0.2) is 0 Å². The first-order chi connectivity index (χ1) is 9.62. The van der Waals surface area contributed by atoms with E-state index in [4.69, 9.17) is 0 Å². The minimum atomic E-state index is 0.376. The van der Waals surface area contributed by atoms with E-state index < -0.39 is 0 Å². The summed E-state index contributed by atoms with van der Waals surface area (Å²) in [6.45, 7) is 10.0. The van der Waals surface area contributed by atoms with Gasteiger partial charge in [-0.05, 0) is 32.3 Å². The lowest BCUT2D eigenvalue weighted by Crippen LogP contribution is -2.56. The van der Waals surface area contributed by atoms with Crippen molar-refractivity contribution < 1.29 is 0 Å². The van der Waals surface area contributed by atoms with Crippen molar-refractivity contribution in [3.05, 3.63) is 16.8 Å². The Morgan fingerprint density at radius 2 is 2.05 bits per heavy atom. The van der Waals surface area contributed by atoms with Crippen molar-refractivity contribution in [2.45, 2.75) is 52.6 Å². The second-order valence-corrected chi connectivity index (χ2v) is 5.45. The van der Waals surface area contributed by atoms with E-state index >= 15 is 0 Å². The van der Waals surface area contributed by atoms with Gasteiger partial charge in [0, 0.05) is 25.2 Å². The fourth-order valence-electron chi connectivity index (χ4n) is 2.69. The number of aromatic nitrogens is 2. The molecule has 108 valence electrons. The number of piperazine rings is 1. The van der Waals surface area contributed by atoms with Crippen molar-refractivity contribution >= 4 is 5.82 Å². The van der Waals surface area contributed by atoms with Crippen LogP contribution in [0.1, 0.15) is 43.5 Å². The molecule has 0 bridgehead atoms. The number of hydrogen-bond donors (Lipinski definition) is 1. The van der Waals surface area contributed by atoms with Crippen LogP contribution in [0.25, 0.3) is 0 Å². The molecule has 1 fully saturated rings. The van der Waals surface area contributed by atoms with E-state index in [2.05, 4.69) is 40.3 Å². The maximum Gasteiger partial charge on any atom is 0.169 e. The summed E-state index contributed by atoms with van der Waals surface area (Å²) in [7, 11) is 0. The molecule has 1 saturated heterocycles. The average molecular weight is 273 g/mol. The largest absolute Gasteiger partial charge is 0.348 e. The Labute approximate surface area is 121 Å². The number of nitrogens with zero attached hydrogens (tertiary/aromatic N) is 4. The van der Waals surface area contributed by atoms with Crippen molar-refractivity contribution in [3.63, 3.8) is 0 Å². The third-order valence-corrected chi connectivity index (χ3v) is 4.28. The Hall–Kier alpha value is -1.67. The zero-order valence-corrected chi connectivity index (χ0v) is 12.8. The van der Waals surface area contributed by atoms with E-state index in [1.807, 2.05) is 13.8 Å². The lowest BCUT2D eigenvalue weighted by atomic mass is 10.0. The van der Waals surface area contributed by atoms with Crippen LogP contribution in [-0.2, 0) is 0 Å². The number of rotatable bonds is 3. The van der Waals surface area contributed by atoms with E-state index in [0.29, 0.717) is 17.6 Å². The SMILES string of the molecule is CCC1CN(c2nnc(C)c(C)c2C#N)C(CC)CN1. The van der Waals surface area contributed by atoms with E-state index in [1.165, 1.54) is 0 Å². The van der Waals surface area contributed by atoms with Gasteiger partial charge in [0.15, 0.2) is 5.82 Å². The Kier molecular flexibility index (Phi) is 4.56. The van der Waals surface area contributed by atoms with Crippen molar-refractivity contribution in [1.82, 2.24) is 15.5 Å². The molecule has 5 nitrogen and oxygen atoms in total. The molecule has 1 aliphatic heterocycles. The monoisotopic (exact) mass is 273 g/mol. The van der Waals surface area contributed by atoms with Gasteiger partial charge >= 0.3 is 0 Å². The maximum atomic E-state index is 9.48. The van der Waals surface area contributed by atoms with Gasteiger partial charge in [-0.3, -0.25) is 0 Å². The quantitative estimate of drug-likeness (QED) is 0.911. The second-order valence-electron chi connectivity index (χ2n) is 5.45. The van der Waals surface area contributed by atoms with Crippen molar-refractivity contribution in [2.24, 2.45) is 0 Å². The molecule has 2 atom stereocenters. The van der Waals surface area contributed by atoms with Gasteiger partial charge in [0.25, 0.3) is 0 Å². The summed E-state index contributed by atoms with van der Waals surface area (Å²) in [5.41, 5.74) is 2.45. The third-order valence-electron chi connectivity index (χ3n) is 4.28. The molecular formula is C15H23N5. The van der Waals surface area contributed by atoms with Crippen molar-refractivity contribution in [2.75, 3.05) is 18.0 Å². The first-order valence-electron chi connectivity index (χ1n) is 7.36. The van der Waals surface area contributed by atoms with E-state index in [0.717, 1.165) is 43.0 Å². The summed E-state index contributed by atoms with van der Waals surface area (Å²) in [5, 5.41) is 21.6. The van der Waals surface area contributed by atoms with E-state index in [9.17, 15) is 5.26 Å². The molecule has 0 saturated carbocycles. The van der Waals surface area contributed by atoms with Crippen molar-refractivity contribution in [1.29, 1.82) is 5.26 Å². The van der Waals surface area contributed by atoms with Crippen LogP contribution in [0, 0.1) is 25.2 Å². The molecule has 2 heterocycles. The first kappa shape index (κ1) is 14.7. The maximum absolute atomic E-state index is 9.48. The summed E-state index contributed by atoms with van der Waals surface area (Å²) in [5.74, 6) is 0.752. The van der Waals surface area contributed by atoms with Crippen LogP contribution in [0.3, 0.4) is 0 Å². The molecule has 2 unspecified atom stereocenters. The molecule has 1 aliphatic rings. The molecule has 0 radical (unpaired) electrons. The first-order valence-corrected chi connectivity index (χ1v) is 7.36. The summed E-state index contributed by atoms with van der Waals surface area (Å²) in [6, 6.07) is 3.14. The molecular weight excluding hydrogens is 250 g/mol. The van der Waals surface area contributed by atoms with Crippen LogP contribution in [0.2, 0.25) is 0 Å². The van der Waals surface area contributed by atoms with Gasteiger partial charge in [0.2, 0.25) is 0 Å². The van der Waals surface area contributed by atoms with Gasteiger partial charge < -0.3 is 10.2 Å². The number of nitriles is 1. The fraction of sp³-hybridized carbons (Fsp3) is 0.667. The smallest absolute Gasteiger partial charge is 0.169 e. The number of hydrogen-bond acceptors (Lipinski definition) is 5. The van der Waals surface area contributed by atoms with Gasteiger partial charge in [-0.2, -0.15) is 10.4 Å². The summed E-state index contributed by atoms with van der Waals surface area (Å²) in [6.07, 6.45) is 2.11. The molecule has 20 heavy (non-hydrogen) atoms. The highest BCUT2D eigenvalue weighted by molar-refractivity contribution is 5.58. The van der Waals surface area contributed by atoms with Crippen LogP contribution < -0.4 is 10.2 Å². The van der Waals surface area contributed by atoms with Crippen LogP contribution >= 0.6 is 0 Å². The van der Waals surface area contributed by atoms with E-state index in [1.54, 1.807) is 0 Å². The molecule has 1 aromatic heterocycles. The summed E-state index contributed by atoms with van der Waals surface area (Å²) >= 11 is 0. The van der Waals surface area contributed by atoms with Gasteiger partial charge in [0.05, 0.1) is 5.69 Å². The molecule has 0 aliphatic carbocycles. The van der Waals surface area contributed by atoms with Gasteiger partial charge in [-0.15, -0.1) is 5.10 Å². The zero-order chi connectivity index (χ0) is 14.7. The highest BCUT2D eigenvalue weighted by atomic mass is 15.3. The predicted octanol–water partition coefficient (Wildman–Crippen LogP) is 1.93. The molecule has 1 aromatic rings. The predicted molar refractivity (Wildman–Crippen MR) is 79.7 cm³/mol. The highest BCUT2D eigenvalue weighted by Crippen LogP contribution is 2.26. The molecule has 0 amide bonds. The lowest BCUT2D eigenvalue weighted by molar-refractivity contribution is 0.376. The average Bonchev–Trinajstić information content (AvgIpc) is 2.49. The molecule has 0 aromatic carbocycles. The minimum absolute atomic E-state index is 0.376. The van der Waals surface area contributed by atoms with Crippen LogP contribution in [0.4, 0.5) is 5.82 Å². The van der Waals surface area contributed by atoms with Gasteiger partial charge in [-0.1, -0.05) is 13.8 Å². The highest BCUT2D eigenvalue weighted by Gasteiger charge is 2.29. The van der Waals surface area contributed by atoms with Crippen LogP contribution in [-0.4, -0.2) is 35.4 Å². The standard InChI is InChI=1S/C15H23N5/c1-5-12-9-20(13(6-2)8-17-12)15-14(7-16)10(3)11(4)18-19-15/h12-13,17H,5-6,8-9H2,1-4H3.